The smallest absolute Gasteiger partial charge is 0.287 e. The zero-order chi connectivity index (χ0) is 19.2. The van der Waals surface area contributed by atoms with Crippen molar-refractivity contribution in [3.8, 4) is 11.3 Å². The van der Waals surface area contributed by atoms with Crippen molar-refractivity contribution in [2.24, 2.45) is 0 Å². The number of hydrogen-bond donors (Lipinski definition) is 3. The van der Waals surface area contributed by atoms with Crippen LogP contribution in [0.15, 0.2) is 59.3 Å². The molecule has 0 unspecified atom stereocenters. The molecule has 2 heterocycles. The Hall–Kier alpha value is -3.35. The van der Waals surface area contributed by atoms with Crippen molar-refractivity contribution in [2.45, 2.75) is 32.4 Å². The summed E-state index contributed by atoms with van der Waals surface area (Å²) in [5.41, 5.74) is 1.91. The molecule has 0 fully saturated rings. The van der Waals surface area contributed by atoms with Crippen molar-refractivity contribution in [3.05, 3.63) is 66.5 Å². The van der Waals surface area contributed by atoms with Crippen molar-refractivity contribution in [3.63, 3.8) is 0 Å². The van der Waals surface area contributed by atoms with Crippen LogP contribution in [0, 0.1) is 0 Å². The summed E-state index contributed by atoms with van der Waals surface area (Å²) in [4.78, 5) is 32.1. The molecule has 1 aromatic carbocycles. The third-order valence-electron chi connectivity index (χ3n) is 4.22. The lowest BCUT2D eigenvalue weighted by atomic mass is 10.1. The molecule has 0 spiro atoms. The van der Waals surface area contributed by atoms with Gasteiger partial charge in [-0.15, -0.1) is 0 Å². The predicted molar refractivity (Wildman–Crippen MR) is 101 cm³/mol. The molecule has 3 rings (SSSR count). The summed E-state index contributed by atoms with van der Waals surface area (Å²) in [5.74, 6) is 0.119. The summed E-state index contributed by atoms with van der Waals surface area (Å²) in [6.07, 6.45) is 3.82. The number of hydrogen-bond acceptors (Lipinski definition) is 4. The van der Waals surface area contributed by atoms with Crippen LogP contribution in [0.5, 0.6) is 0 Å². The lowest BCUT2D eigenvalue weighted by Gasteiger charge is -2.19. The molecule has 0 aliphatic rings. The van der Waals surface area contributed by atoms with E-state index in [-0.39, 0.29) is 17.7 Å². The fourth-order valence-electron chi connectivity index (χ4n) is 2.68. The Morgan fingerprint density at radius 2 is 1.93 bits per heavy atom. The van der Waals surface area contributed by atoms with Gasteiger partial charge in [0, 0.05) is 0 Å². The maximum atomic E-state index is 12.5. The zero-order valence-electron chi connectivity index (χ0n) is 15.2. The highest BCUT2D eigenvalue weighted by Gasteiger charge is 2.22. The van der Waals surface area contributed by atoms with Crippen molar-refractivity contribution >= 4 is 11.8 Å². The minimum absolute atomic E-state index is 0.167. The van der Waals surface area contributed by atoms with Crippen LogP contribution in [0.25, 0.3) is 11.3 Å². The molecule has 3 aromatic rings. The SMILES string of the molecule is CC[C@H](NC(=O)[C@H](C)NC(=O)c1ccco1)c1ncc(-c2ccccc2)[nH]1. The maximum Gasteiger partial charge on any atom is 0.287 e. The average molecular weight is 366 g/mol. The molecule has 3 N–H and O–H groups in total. The standard InChI is InChI=1S/C20H22N4O3/c1-3-15(18-21-12-16(23-18)14-8-5-4-6-9-14)24-19(25)13(2)22-20(26)17-10-7-11-27-17/h4-13,15H,3H2,1-2H3,(H,21,23)(H,22,26)(H,24,25)/t13-,15-/m0/s1. The summed E-state index contributed by atoms with van der Waals surface area (Å²) < 4.78 is 5.03. The van der Waals surface area contributed by atoms with Crippen molar-refractivity contribution in [2.75, 3.05) is 0 Å². The fourth-order valence-corrected chi connectivity index (χ4v) is 2.68. The molecule has 2 amide bonds. The largest absolute Gasteiger partial charge is 0.459 e. The molecular formula is C20H22N4O3. The first-order chi connectivity index (χ1) is 13.1. The topological polar surface area (TPSA) is 100 Å². The van der Waals surface area contributed by atoms with E-state index in [2.05, 4.69) is 20.6 Å². The first-order valence-electron chi connectivity index (χ1n) is 8.83. The van der Waals surface area contributed by atoms with Crippen molar-refractivity contribution < 1.29 is 14.0 Å². The predicted octanol–water partition coefficient (Wildman–Crippen LogP) is 3.06. The molecule has 7 nitrogen and oxygen atoms in total. The van der Waals surface area contributed by atoms with Crippen LogP contribution >= 0.6 is 0 Å². The number of carbonyl (C=O) groups is 2. The number of benzene rings is 1. The number of aromatic amines is 1. The number of nitrogens with zero attached hydrogens (tertiary/aromatic N) is 1. The molecular weight excluding hydrogens is 344 g/mol. The minimum Gasteiger partial charge on any atom is -0.459 e. The van der Waals surface area contributed by atoms with E-state index in [0.717, 1.165) is 11.3 Å². The van der Waals surface area contributed by atoms with Crippen LogP contribution in [0.1, 0.15) is 42.7 Å². The van der Waals surface area contributed by atoms with Crippen molar-refractivity contribution in [1.29, 1.82) is 0 Å². The van der Waals surface area contributed by atoms with Crippen LogP contribution in [-0.2, 0) is 4.79 Å². The van der Waals surface area contributed by atoms with E-state index in [1.54, 1.807) is 25.3 Å². The molecule has 7 heteroatoms. The Kier molecular flexibility index (Phi) is 5.71. The second kappa shape index (κ2) is 8.35. The van der Waals surface area contributed by atoms with E-state index in [0.29, 0.717) is 12.2 Å². The second-order valence-corrected chi connectivity index (χ2v) is 6.19. The van der Waals surface area contributed by atoms with E-state index < -0.39 is 11.9 Å². The zero-order valence-corrected chi connectivity index (χ0v) is 15.2. The van der Waals surface area contributed by atoms with Gasteiger partial charge < -0.3 is 20.0 Å². The lowest BCUT2D eigenvalue weighted by Crippen LogP contribution is -2.45. The molecule has 0 saturated carbocycles. The number of nitrogens with one attached hydrogen (secondary N) is 3. The second-order valence-electron chi connectivity index (χ2n) is 6.19. The number of carbonyl (C=O) groups excluding carboxylic acids is 2. The fraction of sp³-hybridized carbons (Fsp3) is 0.250. The van der Waals surface area contributed by atoms with Crippen LogP contribution in [0.4, 0.5) is 0 Å². The Morgan fingerprint density at radius 1 is 1.15 bits per heavy atom. The van der Waals surface area contributed by atoms with Gasteiger partial charge in [-0.3, -0.25) is 9.59 Å². The Balaban J connectivity index is 1.63. The summed E-state index contributed by atoms with van der Waals surface area (Å²) >= 11 is 0. The Morgan fingerprint density at radius 3 is 2.59 bits per heavy atom. The van der Waals surface area contributed by atoms with Gasteiger partial charge in [0.15, 0.2) is 5.76 Å². The van der Waals surface area contributed by atoms with Gasteiger partial charge >= 0.3 is 0 Å². The van der Waals surface area contributed by atoms with Crippen molar-refractivity contribution in [1.82, 2.24) is 20.6 Å². The Bertz CT molecular complexity index is 887. The number of imidazole rings is 1. The molecule has 0 bridgehead atoms. The van der Waals surface area contributed by atoms with E-state index >= 15 is 0 Å². The van der Waals surface area contributed by atoms with Gasteiger partial charge in [-0.1, -0.05) is 37.3 Å². The number of furan rings is 1. The first kappa shape index (κ1) is 18.4. The maximum absolute atomic E-state index is 12.5. The first-order valence-corrected chi connectivity index (χ1v) is 8.83. The normalized spacial score (nSPS) is 13.0. The summed E-state index contributed by atoms with van der Waals surface area (Å²) in [7, 11) is 0. The highest BCUT2D eigenvalue weighted by atomic mass is 16.3. The van der Waals surface area contributed by atoms with Crippen LogP contribution < -0.4 is 10.6 Å². The van der Waals surface area contributed by atoms with Gasteiger partial charge in [0.1, 0.15) is 11.9 Å². The molecule has 27 heavy (non-hydrogen) atoms. The molecule has 0 saturated heterocycles. The molecule has 0 radical (unpaired) electrons. The quantitative estimate of drug-likeness (QED) is 0.598. The minimum atomic E-state index is -0.708. The molecule has 2 atom stereocenters. The third-order valence-corrected chi connectivity index (χ3v) is 4.22. The van der Waals surface area contributed by atoms with Gasteiger partial charge in [0.2, 0.25) is 5.91 Å². The molecule has 0 aliphatic carbocycles. The van der Waals surface area contributed by atoms with Crippen LogP contribution in [0.2, 0.25) is 0 Å². The lowest BCUT2D eigenvalue weighted by molar-refractivity contribution is -0.123. The highest BCUT2D eigenvalue weighted by Crippen LogP contribution is 2.20. The monoisotopic (exact) mass is 366 g/mol. The molecule has 140 valence electrons. The number of amides is 2. The molecule has 0 aliphatic heterocycles. The van der Waals surface area contributed by atoms with E-state index in [4.69, 9.17) is 4.42 Å². The third kappa shape index (κ3) is 4.44. The van der Waals surface area contributed by atoms with Crippen LogP contribution in [0.3, 0.4) is 0 Å². The van der Waals surface area contributed by atoms with Gasteiger partial charge in [-0.2, -0.15) is 0 Å². The van der Waals surface area contributed by atoms with E-state index in [1.807, 2.05) is 37.3 Å². The summed E-state index contributed by atoms with van der Waals surface area (Å²) in [6, 6.07) is 12.0. The summed E-state index contributed by atoms with van der Waals surface area (Å²) in [6.45, 7) is 3.59. The number of rotatable bonds is 7. The van der Waals surface area contributed by atoms with Gasteiger partial charge in [-0.05, 0) is 31.0 Å². The summed E-state index contributed by atoms with van der Waals surface area (Å²) in [5, 5.41) is 5.54. The Labute approximate surface area is 157 Å². The molecule has 2 aromatic heterocycles. The van der Waals surface area contributed by atoms with Gasteiger partial charge in [0.05, 0.1) is 24.2 Å². The number of aromatic nitrogens is 2. The number of H-pyrrole nitrogens is 1. The highest BCUT2D eigenvalue weighted by molar-refractivity contribution is 5.95. The van der Waals surface area contributed by atoms with E-state index in [1.165, 1.54) is 6.26 Å². The van der Waals surface area contributed by atoms with Gasteiger partial charge in [0.25, 0.3) is 5.91 Å². The average Bonchev–Trinajstić information content (AvgIpc) is 3.38. The van der Waals surface area contributed by atoms with Crippen LogP contribution in [-0.4, -0.2) is 27.8 Å². The van der Waals surface area contributed by atoms with Gasteiger partial charge in [-0.25, -0.2) is 4.98 Å². The van der Waals surface area contributed by atoms with E-state index in [9.17, 15) is 9.59 Å².